The summed E-state index contributed by atoms with van der Waals surface area (Å²) in [5.74, 6) is 0.303. The topological polar surface area (TPSA) is 96.0 Å². The summed E-state index contributed by atoms with van der Waals surface area (Å²) in [6.45, 7) is -0.520. The fourth-order valence-electron chi connectivity index (χ4n) is 5.67. The minimum atomic E-state index is -3.92. The molecule has 0 unspecified atom stereocenters. The van der Waals surface area contributed by atoms with Crippen molar-refractivity contribution in [3.05, 3.63) is 124 Å². The summed E-state index contributed by atoms with van der Waals surface area (Å²) in [5, 5.41) is 3.82. The van der Waals surface area contributed by atoms with Gasteiger partial charge in [-0.3, -0.25) is 13.9 Å². The molecule has 4 aromatic rings. The van der Waals surface area contributed by atoms with Gasteiger partial charge in [-0.15, -0.1) is 0 Å². The molecule has 0 radical (unpaired) electrons. The van der Waals surface area contributed by atoms with Crippen LogP contribution in [0, 0.1) is 0 Å². The number of benzene rings is 4. The predicted octanol–water partition coefficient (Wildman–Crippen LogP) is 7.25. The zero-order valence-corrected chi connectivity index (χ0v) is 28.3. The molecule has 0 saturated heterocycles. The van der Waals surface area contributed by atoms with Gasteiger partial charge in [0.25, 0.3) is 0 Å². The first-order chi connectivity index (χ1) is 22.6. The predicted molar refractivity (Wildman–Crippen MR) is 186 cm³/mol. The average Bonchev–Trinajstić information content (AvgIpc) is 3.57. The van der Waals surface area contributed by atoms with Crippen LogP contribution in [0.3, 0.4) is 0 Å². The number of anilines is 1. The fourth-order valence-corrected chi connectivity index (χ4v) is 6.85. The molecule has 1 atom stereocenters. The molecular weight excluding hydrogens is 657 g/mol. The second-order valence-electron chi connectivity index (χ2n) is 11.6. The molecule has 1 aliphatic rings. The molecule has 1 N–H and O–H groups in total. The van der Waals surface area contributed by atoms with E-state index in [9.17, 15) is 18.0 Å². The van der Waals surface area contributed by atoms with Gasteiger partial charge in [0, 0.05) is 19.0 Å². The molecule has 0 aromatic heterocycles. The molecule has 1 saturated carbocycles. The number of ether oxygens (including phenoxy) is 1. The number of nitrogens with zero attached hydrogens (tertiary/aromatic N) is 2. The Bertz CT molecular complexity index is 1770. The molecule has 8 nitrogen and oxygen atoms in total. The van der Waals surface area contributed by atoms with E-state index in [2.05, 4.69) is 5.32 Å². The van der Waals surface area contributed by atoms with E-state index in [4.69, 9.17) is 27.9 Å². The highest BCUT2D eigenvalue weighted by Crippen LogP contribution is 2.28. The van der Waals surface area contributed by atoms with Crippen molar-refractivity contribution in [3.8, 4) is 11.5 Å². The molecule has 0 heterocycles. The molecule has 11 heteroatoms. The van der Waals surface area contributed by atoms with E-state index in [1.54, 1.807) is 42.5 Å². The van der Waals surface area contributed by atoms with E-state index in [0.717, 1.165) is 41.8 Å². The van der Waals surface area contributed by atoms with Gasteiger partial charge in [-0.05, 0) is 72.5 Å². The second-order valence-corrected chi connectivity index (χ2v) is 14.4. The molecule has 2 amide bonds. The average molecular weight is 695 g/mol. The van der Waals surface area contributed by atoms with Gasteiger partial charge < -0.3 is 15.0 Å². The molecular formula is C36H37Cl2N3O5S. The lowest BCUT2D eigenvalue weighted by Crippen LogP contribution is -2.54. The lowest BCUT2D eigenvalue weighted by molar-refractivity contribution is -0.140. The highest BCUT2D eigenvalue weighted by molar-refractivity contribution is 7.92. The second kappa shape index (κ2) is 15.7. The Morgan fingerprint density at radius 3 is 2.06 bits per heavy atom. The fraction of sp³-hybridized carbons (Fsp3) is 0.278. The van der Waals surface area contributed by atoms with E-state index in [0.29, 0.717) is 27.1 Å². The Balaban J connectivity index is 1.47. The number of halogens is 2. The van der Waals surface area contributed by atoms with Crippen molar-refractivity contribution in [1.29, 1.82) is 0 Å². The Labute approximate surface area is 286 Å². The molecule has 0 spiro atoms. The van der Waals surface area contributed by atoms with Crippen molar-refractivity contribution in [2.45, 2.75) is 50.7 Å². The van der Waals surface area contributed by atoms with Gasteiger partial charge in [-0.2, -0.15) is 0 Å². The summed E-state index contributed by atoms with van der Waals surface area (Å²) in [6.07, 6.45) is 5.08. The maximum atomic E-state index is 14.4. The third-order valence-corrected chi connectivity index (χ3v) is 9.97. The Morgan fingerprint density at radius 1 is 0.830 bits per heavy atom. The first-order valence-electron chi connectivity index (χ1n) is 15.5. The van der Waals surface area contributed by atoms with Crippen LogP contribution in [0.5, 0.6) is 11.5 Å². The highest BCUT2D eigenvalue weighted by atomic mass is 35.5. The van der Waals surface area contributed by atoms with Gasteiger partial charge in [0.15, 0.2) is 0 Å². The maximum Gasteiger partial charge on any atom is 0.244 e. The van der Waals surface area contributed by atoms with Gasteiger partial charge in [0.05, 0.1) is 22.0 Å². The number of nitrogens with one attached hydrogen (secondary N) is 1. The number of para-hydroxylation sites is 1. The highest BCUT2D eigenvalue weighted by Gasteiger charge is 2.34. The van der Waals surface area contributed by atoms with E-state index in [1.165, 1.54) is 4.90 Å². The Hall–Kier alpha value is -4.05. The van der Waals surface area contributed by atoms with Crippen LogP contribution in [0.4, 0.5) is 5.69 Å². The van der Waals surface area contributed by atoms with Crippen LogP contribution >= 0.6 is 23.2 Å². The Kier molecular flexibility index (Phi) is 11.4. The van der Waals surface area contributed by atoms with Crippen molar-refractivity contribution >= 4 is 50.7 Å². The van der Waals surface area contributed by atoms with Crippen molar-refractivity contribution in [1.82, 2.24) is 10.2 Å². The lowest BCUT2D eigenvalue weighted by atomic mass is 10.0. The number of carbonyl (C=O) groups is 2. The van der Waals surface area contributed by atoms with Crippen LogP contribution in [-0.4, -0.2) is 50.0 Å². The SMILES string of the molecule is CS(=O)(=O)N(CC(=O)N(Cc1ccc(Cl)c(Cl)c1)[C@H](Cc1ccccc1)C(=O)NC1CCCC1)c1ccc(Oc2ccccc2)cc1. The van der Waals surface area contributed by atoms with E-state index in [1.807, 2.05) is 60.7 Å². The van der Waals surface area contributed by atoms with E-state index >= 15 is 0 Å². The number of carbonyl (C=O) groups excluding carboxylic acids is 2. The zero-order chi connectivity index (χ0) is 33.4. The summed E-state index contributed by atoms with van der Waals surface area (Å²) >= 11 is 12.5. The van der Waals surface area contributed by atoms with Gasteiger partial charge in [0.1, 0.15) is 24.1 Å². The van der Waals surface area contributed by atoms with Crippen LogP contribution in [0.2, 0.25) is 10.0 Å². The monoisotopic (exact) mass is 693 g/mol. The summed E-state index contributed by atoms with van der Waals surface area (Å²) < 4.78 is 33.2. The van der Waals surface area contributed by atoms with Crippen LogP contribution < -0.4 is 14.4 Å². The molecule has 4 aromatic carbocycles. The Morgan fingerprint density at radius 2 is 1.45 bits per heavy atom. The van der Waals surface area contributed by atoms with Gasteiger partial charge in [-0.25, -0.2) is 8.42 Å². The first-order valence-corrected chi connectivity index (χ1v) is 18.1. The van der Waals surface area contributed by atoms with Gasteiger partial charge >= 0.3 is 0 Å². The van der Waals surface area contributed by atoms with Gasteiger partial charge in [-0.1, -0.05) is 90.6 Å². The summed E-state index contributed by atoms with van der Waals surface area (Å²) in [7, 11) is -3.92. The summed E-state index contributed by atoms with van der Waals surface area (Å²) in [6, 6.07) is 29.2. The molecule has 1 fully saturated rings. The zero-order valence-electron chi connectivity index (χ0n) is 26.0. The van der Waals surface area contributed by atoms with Crippen molar-refractivity contribution < 1.29 is 22.7 Å². The van der Waals surface area contributed by atoms with Crippen molar-refractivity contribution in [2.24, 2.45) is 0 Å². The molecule has 47 heavy (non-hydrogen) atoms. The van der Waals surface area contributed by atoms with Gasteiger partial charge in [0.2, 0.25) is 21.8 Å². The normalized spacial score (nSPS) is 13.9. The number of amides is 2. The molecule has 5 rings (SSSR count). The number of hydrogen-bond acceptors (Lipinski definition) is 5. The number of sulfonamides is 1. The molecule has 0 aliphatic heterocycles. The smallest absolute Gasteiger partial charge is 0.244 e. The lowest BCUT2D eigenvalue weighted by Gasteiger charge is -2.34. The number of hydrogen-bond donors (Lipinski definition) is 1. The largest absolute Gasteiger partial charge is 0.457 e. The summed E-state index contributed by atoms with van der Waals surface area (Å²) in [5.41, 5.74) is 1.79. The minimum absolute atomic E-state index is 0.00671. The van der Waals surface area contributed by atoms with E-state index in [-0.39, 0.29) is 30.6 Å². The summed E-state index contributed by atoms with van der Waals surface area (Å²) in [4.78, 5) is 29.8. The maximum absolute atomic E-state index is 14.4. The van der Waals surface area contributed by atoms with Crippen LogP contribution in [-0.2, 0) is 32.6 Å². The van der Waals surface area contributed by atoms with Crippen LogP contribution in [0.25, 0.3) is 0 Å². The standard InChI is InChI=1S/C36H37Cl2N3O5S/c1-47(44,45)41(29-17-19-31(20-18-29)46-30-14-6-3-7-15-30)25-35(42)40(24-27-16-21-32(37)33(38)22-27)34(23-26-10-4-2-5-11-26)36(43)39-28-12-8-9-13-28/h2-7,10-11,14-22,28,34H,8-9,12-13,23-25H2,1H3,(H,39,43)/t34-/m1/s1. The molecule has 1 aliphatic carbocycles. The third kappa shape index (κ3) is 9.50. The van der Waals surface area contributed by atoms with Crippen LogP contribution in [0.1, 0.15) is 36.8 Å². The van der Waals surface area contributed by atoms with E-state index < -0.39 is 28.5 Å². The first kappa shape index (κ1) is 34.3. The van der Waals surface area contributed by atoms with Crippen molar-refractivity contribution in [2.75, 3.05) is 17.1 Å². The van der Waals surface area contributed by atoms with Crippen molar-refractivity contribution in [3.63, 3.8) is 0 Å². The minimum Gasteiger partial charge on any atom is -0.457 e. The molecule has 246 valence electrons. The third-order valence-electron chi connectivity index (χ3n) is 8.09. The van der Waals surface area contributed by atoms with Crippen LogP contribution in [0.15, 0.2) is 103 Å². The quantitative estimate of drug-likeness (QED) is 0.159. The number of rotatable bonds is 13. The molecule has 0 bridgehead atoms.